The summed E-state index contributed by atoms with van der Waals surface area (Å²) in [7, 11) is 2.28. The predicted octanol–water partition coefficient (Wildman–Crippen LogP) is 2.20. The molecule has 0 aliphatic rings. The number of halogens is 4. The lowest BCUT2D eigenvalue weighted by atomic mass is 10.1. The number of benzene rings is 1. The van der Waals surface area contributed by atoms with Gasteiger partial charge in [0.15, 0.2) is 11.6 Å². The van der Waals surface area contributed by atoms with Crippen molar-refractivity contribution < 1.29 is 31.8 Å². The van der Waals surface area contributed by atoms with Crippen LogP contribution < -0.4 is 10.1 Å². The van der Waals surface area contributed by atoms with Crippen LogP contribution in [0.2, 0.25) is 0 Å². The standard InChI is InChI=1S/C12H13F4NO3/c1-19-9-4-3-7(5-8(9)13)10(11(18)20-2)17-6-12(14,15)16/h3-5,10,17H,6H2,1-2H3. The van der Waals surface area contributed by atoms with Crippen LogP contribution in [-0.2, 0) is 9.53 Å². The van der Waals surface area contributed by atoms with Gasteiger partial charge in [-0.1, -0.05) is 6.07 Å². The van der Waals surface area contributed by atoms with E-state index in [-0.39, 0.29) is 11.3 Å². The number of hydrogen-bond acceptors (Lipinski definition) is 4. The van der Waals surface area contributed by atoms with Crippen molar-refractivity contribution >= 4 is 5.97 Å². The fourth-order valence-corrected chi connectivity index (χ4v) is 1.54. The lowest BCUT2D eigenvalue weighted by molar-refractivity contribution is -0.146. The van der Waals surface area contributed by atoms with E-state index in [0.29, 0.717) is 0 Å². The van der Waals surface area contributed by atoms with Gasteiger partial charge in [-0.25, -0.2) is 9.18 Å². The number of nitrogens with one attached hydrogen (secondary N) is 1. The van der Waals surface area contributed by atoms with E-state index in [1.807, 2.05) is 5.32 Å². The molecule has 0 amide bonds. The smallest absolute Gasteiger partial charge is 0.401 e. The number of carbonyl (C=O) groups is 1. The minimum absolute atomic E-state index is 0.0133. The van der Waals surface area contributed by atoms with Gasteiger partial charge < -0.3 is 9.47 Å². The third kappa shape index (κ3) is 4.37. The molecule has 0 saturated heterocycles. The highest BCUT2D eigenvalue weighted by molar-refractivity contribution is 5.77. The zero-order chi connectivity index (χ0) is 15.3. The summed E-state index contributed by atoms with van der Waals surface area (Å²) in [5.74, 6) is -1.81. The summed E-state index contributed by atoms with van der Waals surface area (Å²) < 4.78 is 59.2. The summed E-state index contributed by atoms with van der Waals surface area (Å²) in [6, 6.07) is 2.01. The van der Waals surface area contributed by atoms with E-state index in [4.69, 9.17) is 0 Å². The largest absolute Gasteiger partial charge is 0.494 e. The van der Waals surface area contributed by atoms with Crippen LogP contribution in [0.4, 0.5) is 17.6 Å². The molecule has 0 aromatic heterocycles. The summed E-state index contributed by atoms with van der Waals surface area (Å²) >= 11 is 0. The number of carbonyl (C=O) groups excluding carboxylic acids is 1. The number of hydrogen-bond donors (Lipinski definition) is 1. The minimum atomic E-state index is -4.50. The molecule has 20 heavy (non-hydrogen) atoms. The van der Waals surface area contributed by atoms with E-state index in [1.165, 1.54) is 19.2 Å². The second kappa shape index (κ2) is 6.56. The van der Waals surface area contributed by atoms with Crippen LogP contribution >= 0.6 is 0 Å². The molecular weight excluding hydrogens is 282 g/mol. The summed E-state index contributed by atoms with van der Waals surface area (Å²) in [6.07, 6.45) is -4.50. The first kappa shape index (κ1) is 16.2. The monoisotopic (exact) mass is 295 g/mol. The molecule has 0 heterocycles. The molecule has 8 heteroatoms. The average molecular weight is 295 g/mol. The number of alkyl halides is 3. The lowest BCUT2D eigenvalue weighted by Crippen LogP contribution is -2.36. The van der Waals surface area contributed by atoms with Gasteiger partial charge in [0.05, 0.1) is 20.8 Å². The van der Waals surface area contributed by atoms with Gasteiger partial charge in [-0.05, 0) is 17.7 Å². The molecule has 4 nitrogen and oxygen atoms in total. The first-order valence-electron chi connectivity index (χ1n) is 5.50. The zero-order valence-electron chi connectivity index (χ0n) is 10.8. The highest BCUT2D eigenvalue weighted by Crippen LogP contribution is 2.23. The minimum Gasteiger partial charge on any atom is -0.494 e. The van der Waals surface area contributed by atoms with E-state index >= 15 is 0 Å². The molecule has 1 rings (SSSR count). The maximum Gasteiger partial charge on any atom is 0.401 e. The van der Waals surface area contributed by atoms with Crippen LogP contribution in [-0.4, -0.2) is 32.9 Å². The molecule has 112 valence electrons. The number of methoxy groups -OCH3 is 2. The first-order valence-corrected chi connectivity index (χ1v) is 5.50. The third-order valence-corrected chi connectivity index (χ3v) is 2.45. The van der Waals surface area contributed by atoms with Gasteiger partial charge in [0.2, 0.25) is 0 Å². The average Bonchev–Trinajstić information content (AvgIpc) is 2.37. The molecule has 1 aromatic rings. The Bertz CT molecular complexity index is 476. The van der Waals surface area contributed by atoms with Crippen LogP contribution in [0.1, 0.15) is 11.6 Å². The Hall–Kier alpha value is -1.83. The SMILES string of the molecule is COC(=O)C(NCC(F)(F)F)c1ccc(OC)c(F)c1. The number of ether oxygens (including phenoxy) is 2. The Labute approximate surface area is 112 Å². The molecule has 0 saturated carbocycles. The third-order valence-electron chi connectivity index (χ3n) is 2.45. The Morgan fingerprint density at radius 1 is 1.35 bits per heavy atom. The van der Waals surface area contributed by atoms with Gasteiger partial charge in [-0.3, -0.25) is 5.32 Å². The molecule has 0 bridgehead atoms. The zero-order valence-corrected chi connectivity index (χ0v) is 10.8. The molecule has 1 atom stereocenters. The highest BCUT2D eigenvalue weighted by atomic mass is 19.4. The summed E-state index contributed by atoms with van der Waals surface area (Å²) in [6.45, 7) is -1.40. The topological polar surface area (TPSA) is 47.6 Å². The number of esters is 1. The Kier molecular flexibility index (Phi) is 5.32. The summed E-state index contributed by atoms with van der Waals surface area (Å²) in [4.78, 5) is 11.5. The molecule has 0 fully saturated rings. The van der Waals surface area contributed by atoms with Crippen molar-refractivity contribution in [1.82, 2.24) is 5.32 Å². The van der Waals surface area contributed by atoms with Crippen molar-refractivity contribution in [2.24, 2.45) is 0 Å². The Morgan fingerprint density at radius 3 is 2.45 bits per heavy atom. The van der Waals surface area contributed by atoms with Gasteiger partial charge in [-0.2, -0.15) is 13.2 Å². The predicted molar refractivity (Wildman–Crippen MR) is 61.8 cm³/mol. The van der Waals surface area contributed by atoms with Crippen molar-refractivity contribution in [3.63, 3.8) is 0 Å². The molecule has 0 aliphatic heterocycles. The van der Waals surface area contributed by atoms with E-state index in [1.54, 1.807) is 0 Å². The second-order valence-electron chi connectivity index (χ2n) is 3.85. The second-order valence-corrected chi connectivity index (χ2v) is 3.85. The normalized spacial score (nSPS) is 12.9. The van der Waals surface area contributed by atoms with Crippen molar-refractivity contribution in [1.29, 1.82) is 0 Å². The first-order chi connectivity index (χ1) is 9.28. The molecule has 1 N–H and O–H groups in total. The van der Waals surface area contributed by atoms with Crippen molar-refractivity contribution in [3.05, 3.63) is 29.6 Å². The highest BCUT2D eigenvalue weighted by Gasteiger charge is 2.31. The molecular formula is C12H13F4NO3. The van der Waals surface area contributed by atoms with Crippen LogP contribution in [0.15, 0.2) is 18.2 Å². The maximum absolute atomic E-state index is 13.5. The Balaban J connectivity index is 2.99. The fourth-order valence-electron chi connectivity index (χ4n) is 1.54. The van der Waals surface area contributed by atoms with Crippen LogP contribution in [0.3, 0.4) is 0 Å². The van der Waals surface area contributed by atoms with E-state index in [9.17, 15) is 22.4 Å². The van der Waals surface area contributed by atoms with E-state index < -0.39 is 30.5 Å². The molecule has 0 spiro atoms. The quantitative estimate of drug-likeness (QED) is 0.668. The summed E-state index contributed by atoms with van der Waals surface area (Å²) in [5.41, 5.74) is 0.0133. The van der Waals surface area contributed by atoms with Gasteiger partial charge in [-0.15, -0.1) is 0 Å². The van der Waals surface area contributed by atoms with Gasteiger partial charge >= 0.3 is 12.1 Å². The molecule has 0 aliphatic carbocycles. The molecule has 1 aromatic carbocycles. The van der Waals surface area contributed by atoms with Crippen molar-refractivity contribution in [3.8, 4) is 5.75 Å². The van der Waals surface area contributed by atoms with E-state index in [0.717, 1.165) is 13.2 Å². The van der Waals surface area contributed by atoms with Gasteiger partial charge in [0, 0.05) is 0 Å². The van der Waals surface area contributed by atoms with Crippen molar-refractivity contribution in [2.75, 3.05) is 20.8 Å². The van der Waals surface area contributed by atoms with Crippen molar-refractivity contribution in [2.45, 2.75) is 12.2 Å². The maximum atomic E-state index is 13.5. The van der Waals surface area contributed by atoms with E-state index in [2.05, 4.69) is 9.47 Å². The Morgan fingerprint density at radius 2 is 2.00 bits per heavy atom. The molecule has 1 unspecified atom stereocenters. The van der Waals surface area contributed by atoms with Crippen LogP contribution in [0, 0.1) is 5.82 Å². The lowest BCUT2D eigenvalue weighted by Gasteiger charge is -2.18. The van der Waals surface area contributed by atoms with Gasteiger partial charge in [0.25, 0.3) is 0 Å². The van der Waals surface area contributed by atoms with Gasteiger partial charge in [0.1, 0.15) is 6.04 Å². The van der Waals surface area contributed by atoms with Crippen LogP contribution in [0.5, 0.6) is 5.75 Å². The number of rotatable bonds is 5. The summed E-state index contributed by atoms with van der Waals surface area (Å²) in [5, 5.41) is 1.98. The fraction of sp³-hybridized carbons (Fsp3) is 0.417. The van der Waals surface area contributed by atoms with Crippen LogP contribution in [0.25, 0.3) is 0 Å². The molecule has 0 radical (unpaired) electrons.